The number of fused-ring (bicyclic) bond motifs is 1. The van der Waals surface area contributed by atoms with Crippen molar-refractivity contribution in [3.8, 4) is 0 Å². The van der Waals surface area contributed by atoms with Crippen LogP contribution in [-0.2, 0) is 13.5 Å². The van der Waals surface area contributed by atoms with Crippen molar-refractivity contribution in [2.75, 3.05) is 11.5 Å². The molecule has 0 bridgehead atoms. The van der Waals surface area contributed by atoms with Gasteiger partial charge < -0.3 is 5.73 Å². The van der Waals surface area contributed by atoms with Gasteiger partial charge in [-0.2, -0.15) is 0 Å². The molecular weight excluding hydrogens is 256 g/mol. The zero-order valence-corrected chi connectivity index (χ0v) is 11.9. The molecule has 4 nitrogen and oxygen atoms in total. The molecule has 0 spiro atoms. The van der Waals surface area contributed by atoms with Gasteiger partial charge in [0.15, 0.2) is 5.16 Å². The Labute approximate surface area is 117 Å². The van der Waals surface area contributed by atoms with Crippen LogP contribution in [0.15, 0.2) is 29.4 Å². The summed E-state index contributed by atoms with van der Waals surface area (Å²) in [5, 5.41) is 8.90. The van der Waals surface area contributed by atoms with Gasteiger partial charge in [-0.05, 0) is 36.3 Å². The molecule has 0 aliphatic heterocycles. The second-order valence-corrected chi connectivity index (χ2v) is 5.99. The van der Waals surface area contributed by atoms with Gasteiger partial charge in [0.1, 0.15) is 0 Å². The summed E-state index contributed by atoms with van der Waals surface area (Å²) in [5.41, 5.74) is 8.72. The zero-order valence-electron chi connectivity index (χ0n) is 11.0. The Hall–Kier alpha value is -1.49. The van der Waals surface area contributed by atoms with Gasteiger partial charge in [0.25, 0.3) is 0 Å². The lowest BCUT2D eigenvalue weighted by molar-refractivity contribution is 0.595. The zero-order chi connectivity index (χ0) is 13.2. The summed E-state index contributed by atoms with van der Waals surface area (Å²) < 4.78 is 1.85. The lowest BCUT2D eigenvalue weighted by Crippen LogP contribution is -2.12. The fraction of sp³-hybridized carbons (Fsp3) is 0.429. The highest BCUT2D eigenvalue weighted by Crippen LogP contribution is 2.35. The molecule has 1 unspecified atom stereocenters. The Morgan fingerprint density at radius 2 is 2.21 bits per heavy atom. The van der Waals surface area contributed by atoms with E-state index in [1.807, 2.05) is 11.6 Å². The van der Waals surface area contributed by atoms with Crippen molar-refractivity contribution >= 4 is 17.7 Å². The number of aromatic nitrogens is 3. The summed E-state index contributed by atoms with van der Waals surface area (Å²) >= 11 is 1.75. The molecule has 0 saturated carbocycles. The van der Waals surface area contributed by atoms with E-state index in [2.05, 4.69) is 34.5 Å². The van der Waals surface area contributed by atoms with Crippen LogP contribution in [0.1, 0.15) is 29.9 Å². The molecule has 0 fully saturated rings. The van der Waals surface area contributed by atoms with Gasteiger partial charge in [0.2, 0.25) is 5.95 Å². The minimum atomic E-state index is 0.478. The van der Waals surface area contributed by atoms with Crippen LogP contribution < -0.4 is 5.73 Å². The average molecular weight is 274 g/mol. The molecule has 3 rings (SSSR count). The topological polar surface area (TPSA) is 56.7 Å². The van der Waals surface area contributed by atoms with Gasteiger partial charge in [-0.25, -0.2) is 0 Å². The fourth-order valence-corrected chi connectivity index (χ4v) is 3.74. The highest BCUT2D eigenvalue weighted by Gasteiger charge is 2.20. The third-order valence-electron chi connectivity index (χ3n) is 3.78. The summed E-state index contributed by atoms with van der Waals surface area (Å²) in [6, 6.07) is 8.80. The van der Waals surface area contributed by atoms with E-state index in [1.165, 1.54) is 30.4 Å². The molecule has 1 aliphatic rings. The van der Waals surface area contributed by atoms with Gasteiger partial charge in [-0.3, -0.25) is 4.57 Å². The number of nitrogen functional groups attached to an aromatic ring is 1. The minimum absolute atomic E-state index is 0.478. The van der Waals surface area contributed by atoms with Gasteiger partial charge in [0, 0.05) is 12.8 Å². The summed E-state index contributed by atoms with van der Waals surface area (Å²) in [7, 11) is 1.91. The summed E-state index contributed by atoms with van der Waals surface area (Å²) in [4.78, 5) is 0. The number of nitrogens with two attached hydrogens (primary N) is 1. The maximum absolute atomic E-state index is 5.70. The quantitative estimate of drug-likeness (QED) is 0.874. The van der Waals surface area contributed by atoms with Crippen LogP contribution >= 0.6 is 11.8 Å². The number of hydrogen-bond donors (Lipinski definition) is 1. The van der Waals surface area contributed by atoms with Crippen molar-refractivity contribution in [3.05, 3.63) is 35.4 Å². The average Bonchev–Trinajstić information content (AvgIpc) is 2.76. The lowest BCUT2D eigenvalue weighted by Gasteiger charge is -2.24. The van der Waals surface area contributed by atoms with Gasteiger partial charge in [-0.1, -0.05) is 36.0 Å². The van der Waals surface area contributed by atoms with Crippen molar-refractivity contribution in [1.29, 1.82) is 0 Å². The summed E-state index contributed by atoms with van der Waals surface area (Å²) in [5.74, 6) is 2.14. The van der Waals surface area contributed by atoms with E-state index in [9.17, 15) is 0 Å². The first-order chi connectivity index (χ1) is 9.25. The fourth-order valence-electron chi connectivity index (χ4n) is 2.65. The first-order valence-corrected chi connectivity index (χ1v) is 7.59. The Bertz CT molecular complexity index is 579. The number of anilines is 1. The van der Waals surface area contributed by atoms with Crippen molar-refractivity contribution in [2.45, 2.75) is 30.3 Å². The molecule has 0 radical (unpaired) electrons. The SMILES string of the molecule is Cn1c(N)nnc1SCC1CCCc2ccccc21. The molecule has 2 N–H and O–H groups in total. The highest BCUT2D eigenvalue weighted by molar-refractivity contribution is 7.99. The standard InChI is InChI=1S/C14H18N4S/c1-18-13(15)16-17-14(18)19-9-11-7-4-6-10-5-2-3-8-12(10)11/h2-3,5,8,11H,4,6-7,9H2,1H3,(H2,15,16). The largest absolute Gasteiger partial charge is 0.368 e. The van der Waals surface area contributed by atoms with Crippen molar-refractivity contribution < 1.29 is 0 Å². The third kappa shape index (κ3) is 2.47. The Morgan fingerprint density at radius 1 is 1.37 bits per heavy atom. The second-order valence-electron chi connectivity index (χ2n) is 5.00. The van der Waals surface area contributed by atoms with Crippen LogP contribution in [0.3, 0.4) is 0 Å². The van der Waals surface area contributed by atoms with Gasteiger partial charge in [0.05, 0.1) is 0 Å². The predicted molar refractivity (Wildman–Crippen MR) is 78.3 cm³/mol. The molecule has 0 saturated heterocycles. The summed E-state index contributed by atoms with van der Waals surface area (Å²) in [6.07, 6.45) is 3.76. The number of aryl methyl sites for hydroxylation is 1. The molecule has 19 heavy (non-hydrogen) atoms. The number of nitrogens with zero attached hydrogens (tertiary/aromatic N) is 3. The van der Waals surface area contributed by atoms with E-state index in [-0.39, 0.29) is 0 Å². The van der Waals surface area contributed by atoms with Crippen LogP contribution in [0.4, 0.5) is 5.95 Å². The van der Waals surface area contributed by atoms with E-state index in [0.717, 1.165) is 10.9 Å². The van der Waals surface area contributed by atoms with E-state index in [4.69, 9.17) is 5.73 Å². The Balaban J connectivity index is 1.73. The van der Waals surface area contributed by atoms with Gasteiger partial charge in [-0.15, -0.1) is 10.2 Å². The normalized spacial score (nSPS) is 18.3. The minimum Gasteiger partial charge on any atom is -0.368 e. The monoisotopic (exact) mass is 274 g/mol. The number of rotatable bonds is 3. The maximum Gasteiger partial charge on any atom is 0.222 e. The molecule has 1 aromatic carbocycles. The maximum atomic E-state index is 5.70. The Morgan fingerprint density at radius 3 is 3.00 bits per heavy atom. The molecule has 0 amide bonds. The molecule has 5 heteroatoms. The van der Waals surface area contributed by atoms with E-state index in [1.54, 1.807) is 11.8 Å². The predicted octanol–water partition coefficient (Wildman–Crippen LogP) is 2.61. The van der Waals surface area contributed by atoms with Crippen LogP contribution in [0, 0.1) is 0 Å². The van der Waals surface area contributed by atoms with Crippen molar-refractivity contribution in [1.82, 2.24) is 14.8 Å². The summed E-state index contributed by atoms with van der Waals surface area (Å²) in [6.45, 7) is 0. The molecule has 2 aromatic rings. The van der Waals surface area contributed by atoms with Crippen molar-refractivity contribution in [3.63, 3.8) is 0 Å². The first-order valence-electron chi connectivity index (χ1n) is 6.61. The molecule has 1 atom stereocenters. The molecule has 1 aliphatic carbocycles. The van der Waals surface area contributed by atoms with Gasteiger partial charge >= 0.3 is 0 Å². The highest BCUT2D eigenvalue weighted by atomic mass is 32.2. The third-order valence-corrected chi connectivity index (χ3v) is 4.96. The number of hydrogen-bond acceptors (Lipinski definition) is 4. The number of thioether (sulfide) groups is 1. The van der Waals surface area contributed by atoms with E-state index in [0.29, 0.717) is 11.9 Å². The molecule has 1 heterocycles. The second kappa shape index (κ2) is 5.25. The molecular formula is C14H18N4S. The van der Waals surface area contributed by atoms with E-state index < -0.39 is 0 Å². The van der Waals surface area contributed by atoms with Crippen LogP contribution in [0.2, 0.25) is 0 Å². The van der Waals surface area contributed by atoms with Crippen LogP contribution in [0.25, 0.3) is 0 Å². The molecule has 1 aromatic heterocycles. The van der Waals surface area contributed by atoms with Crippen molar-refractivity contribution in [2.24, 2.45) is 7.05 Å². The lowest BCUT2D eigenvalue weighted by atomic mass is 9.84. The van der Waals surface area contributed by atoms with Crippen LogP contribution in [0.5, 0.6) is 0 Å². The number of benzene rings is 1. The first kappa shape index (κ1) is 12.5. The van der Waals surface area contributed by atoms with E-state index >= 15 is 0 Å². The Kier molecular flexibility index (Phi) is 3.46. The van der Waals surface area contributed by atoms with Crippen LogP contribution in [-0.4, -0.2) is 20.5 Å². The smallest absolute Gasteiger partial charge is 0.222 e. The molecule has 100 valence electrons.